The molecule has 1 saturated carbocycles. The van der Waals surface area contributed by atoms with Crippen molar-refractivity contribution in [1.29, 1.82) is 5.26 Å². The third kappa shape index (κ3) is 16.7. The van der Waals surface area contributed by atoms with Gasteiger partial charge in [-0.15, -0.1) is 0 Å². The molecule has 11 heteroatoms. The molecular formula is C59H74FNO9. The van der Waals surface area contributed by atoms with Crippen LogP contribution >= 0.6 is 0 Å². The minimum absolute atomic E-state index is 0.0905. The number of benzene rings is 3. The number of carbonyl (C=O) groups is 4. The largest absolute Gasteiger partial charge is 0.492 e. The van der Waals surface area contributed by atoms with Gasteiger partial charge in [0.2, 0.25) is 0 Å². The lowest BCUT2D eigenvalue weighted by atomic mass is 9.77. The molecular weight excluding hydrogens is 886 g/mol. The van der Waals surface area contributed by atoms with Crippen molar-refractivity contribution in [3.63, 3.8) is 0 Å². The van der Waals surface area contributed by atoms with Crippen LogP contribution in [0.1, 0.15) is 140 Å². The number of aryl methyl sites for hydroxylation is 3. The molecule has 0 heterocycles. The maximum Gasteiger partial charge on any atom is 0.333 e. The van der Waals surface area contributed by atoms with Gasteiger partial charge in [0.15, 0.2) is 0 Å². The number of esters is 4. The first kappa shape index (κ1) is 56.3. The maximum atomic E-state index is 16.2. The summed E-state index contributed by atoms with van der Waals surface area (Å²) in [5.74, 6) is -1.02. The molecule has 0 saturated heterocycles. The van der Waals surface area contributed by atoms with Crippen LogP contribution in [0.4, 0.5) is 4.39 Å². The second kappa shape index (κ2) is 27.8. The van der Waals surface area contributed by atoms with E-state index >= 15 is 4.39 Å². The van der Waals surface area contributed by atoms with Crippen LogP contribution in [0.5, 0.6) is 5.75 Å². The lowest BCUT2D eigenvalue weighted by Gasteiger charge is -2.31. The number of hydrogen-bond donors (Lipinski definition) is 0. The van der Waals surface area contributed by atoms with Crippen LogP contribution in [-0.2, 0) is 57.4 Å². The number of unbranched alkanes of at least 4 members (excludes halogenated alkanes) is 2. The van der Waals surface area contributed by atoms with Gasteiger partial charge >= 0.3 is 23.9 Å². The standard InChI is InChI=1S/C59H74FNO9/c1-11-13-14-17-43-20-22-45(23-21-43)46-24-27-52(53(60)35-46)47-25-26-51(44(12-2)32-47)50-33-48(18-15-30-66-55(62)39(3)4)54(49(34-50)19-16-31-67-56(63)40(5)6)68-36-59(28-29-61,37-69-57(64)41(7)8)38-70-58(65)42(9)10/h24-27,32-35,43,45H,3,5,7,9,11-23,28,30-31,36-38H2,1-2,4,6,8,10H3. The second-order valence-corrected chi connectivity index (χ2v) is 19.2. The summed E-state index contributed by atoms with van der Waals surface area (Å²) in [5.41, 5.74) is 6.16. The third-order valence-electron chi connectivity index (χ3n) is 12.9. The Kier molecular flexibility index (Phi) is 22.4. The quantitative estimate of drug-likeness (QED) is 0.0299. The normalized spacial score (nSPS) is 14.4. The lowest BCUT2D eigenvalue weighted by Crippen LogP contribution is -2.40. The zero-order valence-corrected chi connectivity index (χ0v) is 42.5. The monoisotopic (exact) mass is 960 g/mol. The topological polar surface area (TPSA) is 138 Å². The van der Waals surface area contributed by atoms with Crippen molar-refractivity contribution in [2.45, 2.75) is 137 Å². The van der Waals surface area contributed by atoms with Gasteiger partial charge in [0.1, 0.15) is 31.4 Å². The zero-order valence-electron chi connectivity index (χ0n) is 42.5. The molecule has 0 aromatic heterocycles. The van der Waals surface area contributed by atoms with Crippen LogP contribution in [0.15, 0.2) is 97.1 Å². The second-order valence-electron chi connectivity index (χ2n) is 19.2. The summed E-state index contributed by atoms with van der Waals surface area (Å²) in [5, 5.41) is 10.1. The van der Waals surface area contributed by atoms with E-state index in [1.807, 2.05) is 36.4 Å². The molecule has 0 unspecified atom stereocenters. The molecule has 0 N–H and O–H groups in total. The summed E-state index contributed by atoms with van der Waals surface area (Å²) in [7, 11) is 0. The van der Waals surface area contributed by atoms with Gasteiger partial charge in [-0.3, -0.25) is 0 Å². The van der Waals surface area contributed by atoms with E-state index in [0.717, 1.165) is 57.7 Å². The van der Waals surface area contributed by atoms with E-state index in [1.54, 1.807) is 19.9 Å². The zero-order chi connectivity index (χ0) is 51.4. The first-order chi connectivity index (χ1) is 33.4. The van der Waals surface area contributed by atoms with E-state index in [2.05, 4.69) is 52.3 Å². The van der Waals surface area contributed by atoms with Gasteiger partial charge < -0.3 is 23.7 Å². The Hall–Kier alpha value is -6.28. The molecule has 70 heavy (non-hydrogen) atoms. The number of nitrogens with zero attached hydrogens (tertiary/aromatic N) is 1. The fourth-order valence-corrected chi connectivity index (χ4v) is 8.75. The van der Waals surface area contributed by atoms with Crippen molar-refractivity contribution in [3.8, 4) is 34.1 Å². The van der Waals surface area contributed by atoms with E-state index in [4.69, 9.17) is 23.7 Å². The van der Waals surface area contributed by atoms with Crippen molar-refractivity contribution >= 4 is 23.9 Å². The Labute approximate surface area is 416 Å². The number of rotatable bonds is 28. The minimum Gasteiger partial charge on any atom is -0.492 e. The van der Waals surface area contributed by atoms with Crippen LogP contribution in [0.25, 0.3) is 22.3 Å². The highest BCUT2D eigenvalue weighted by molar-refractivity contribution is 5.88. The van der Waals surface area contributed by atoms with E-state index < -0.39 is 29.3 Å². The maximum absolute atomic E-state index is 16.2. The molecule has 376 valence electrons. The predicted molar refractivity (Wildman–Crippen MR) is 273 cm³/mol. The molecule has 0 atom stereocenters. The van der Waals surface area contributed by atoms with Crippen LogP contribution < -0.4 is 4.74 Å². The molecule has 0 spiro atoms. The number of carbonyl (C=O) groups excluding carboxylic acids is 4. The fraction of sp³-hybridized carbons (Fsp3) is 0.475. The lowest BCUT2D eigenvalue weighted by molar-refractivity contribution is -0.151. The molecule has 1 aliphatic carbocycles. The van der Waals surface area contributed by atoms with Gasteiger partial charge in [-0.1, -0.05) is 96.2 Å². The third-order valence-corrected chi connectivity index (χ3v) is 12.9. The summed E-state index contributed by atoms with van der Waals surface area (Å²) in [6.45, 7) is 24.5. The first-order valence-corrected chi connectivity index (χ1v) is 24.8. The molecule has 0 bridgehead atoms. The Morgan fingerprint density at radius 3 is 1.64 bits per heavy atom. The number of ether oxygens (including phenoxy) is 5. The van der Waals surface area contributed by atoms with Crippen molar-refractivity contribution < 1.29 is 47.3 Å². The van der Waals surface area contributed by atoms with Gasteiger partial charge in [0.25, 0.3) is 0 Å². The van der Waals surface area contributed by atoms with E-state index in [0.29, 0.717) is 49.3 Å². The van der Waals surface area contributed by atoms with Crippen LogP contribution in [-0.4, -0.2) is 56.9 Å². The summed E-state index contributed by atoms with van der Waals surface area (Å²) >= 11 is 0. The average Bonchev–Trinajstić information content (AvgIpc) is 3.34. The van der Waals surface area contributed by atoms with Gasteiger partial charge in [0.05, 0.1) is 31.1 Å². The molecule has 1 aliphatic rings. The van der Waals surface area contributed by atoms with Crippen molar-refractivity contribution in [1.82, 2.24) is 0 Å². The Balaban J connectivity index is 1.78. The molecule has 0 amide bonds. The molecule has 3 aromatic rings. The predicted octanol–water partition coefficient (Wildman–Crippen LogP) is 13.2. The van der Waals surface area contributed by atoms with Gasteiger partial charge in [0, 0.05) is 27.9 Å². The van der Waals surface area contributed by atoms with Crippen LogP contribution in [0, 0.1) is 28.5 Å². The molecule has 1 fully saturated rings. The highest BCUT2D eigenvalue weighted by Gasteiger charge is 2.36. The van der Waals surface area contributed by atoms with E-state index in [1.165, 1.54) is 52.4 Å². The SMILES string of the molecule is C=C(C)C(=O)OCCCc1cc(-c2ccc(-c3ccc(C4CCC(CCCCC)CC4)cc3F)cc2CC)cc(CCCOC(=O)C(=C)C)c1OCC(CC#N)(COC(=O)C(=C)C)COC(=O)C(=C)C. The van der Waals surface area contributed by atoms with Gasteiger partial charge in [-0.2, -0.15) is 5.26 Å². The Morgan fingerprint density at radius 2 is 1.16 bits per heavy atom. The van der Waals surface area contributed by atoms with Crippen molar-refractivity contribution in [2.75, 3.05) is 33.0 Å². The van der Waals surface area contributed by atoms with E-state index in [9.17, 15) is 24.4 Å². The van der Waals surface area contributed by atoms with Crippen molar-refractivity contribution in [3.05, 3.63) is 125 Å². The molecule has 10 nitrogen and oxygen atoms in total. The van der Waals surface area contributed by atoms with E-state index in [-0.39, 0.29) is 67.6 Å². The summed E-state index contributed by atoms with van der Waals surface area (Å²) in [4.78, 5) is 50.1. The highest BCUT2D eigenvalue weighted by Crippen LogP contribution is 2.41. The van der Waals surface area contributed by atoms with Crippen LogP contribution in [0.2, 0.25) is 0 Å². The molecule has 3 aromatic carbocycles. The molecule has 0 radical (unpaired) electrons. The Morgan fingerprint density at radius 1 is 0.643 bits per heavy atom. The summed E-state index contributed by atoms with van der Waals surface area (Å²) < 4.78 is 45.0. The van der Waals surface area contributed by atoms with Gasteiger partial charge in [-0.25, -0.2) is 23.6 Å². The molecule has 0 aliphatic heterocycles. The average molecular weight is 960 g/mol. The number of hydrogen-bond acceptors (Lipinski definition) is 10. The number of nitriles is 1. The molecule has 4 rings (SSSR count). The smallest absolute Gasteiger partial charge is 0.333 e. The summed E-state index contributed by atoms with van der Waals surface area (Å²) in [6.07, 6.45) is 11.7. The highest BCUT2D eigenvalue weighted by atomic mass is 19.1. The van der Waals surface area contributed by atoms with Gasteiger partial charge in [-0.05, 0) is 154 Å². The first-order valence-electron chi connectivity index (χ1n) is 24.8. The summed E-state index contributed by atoms with van der Waals surface area (Å²) in [6, 6.07) is 17.9. The van der Waals surface area contributed by atoms with Crippen molar-refractivity contribution in [2.24, 2.45) is 11.3 Å². The Bertz CT molecular complexity index is 2330. The number of halogens is 1. The fourth-order valence-electron chi connectivity index (χ4n) is 8.75. The van der Waals surface area contributed by atoms with Crippen LogP contribution in [0.3, 0.4) is 0 Å². The minimum atomic E-state index is -1.32.